The van der Waals surface area contributed by atoms with E-state index in [1.165, 1.54) is 11.1 Å². The average Bonchev–Trinajstić information content (AvgIpc) is 3.47. The van der Waals surface area contributed by atoms with Gasteiger partial charge in [-0.15, -0.1) is 0 Å². The number of nitriles is 1. The van der Waals surface area contributed by atoms with E-state index in [4.69, 9.17) is 9.26 Å². The Morgan fingerprint density at radius 2 is 2.12 bits per heavy atom. The Kier molecular flexibility index (Phi) is 4.93. The van der Waals surface area contributed by atoms with Gasteiger partial charge in [0.2, 0.25) is 11.7 Å². The molecule has 5 rings (SSSR count). The molecule has 3 aromatic rings. The van der Waals surface area contributed by atoms with Crippen LogP contribution in [0, 0.1) is 17.2 Å². The number of amides is 1. The second-order valence-electron chi connectivity index (χ2n) is 8.58. The SMILES string of the molecule is CCN1C(=O)C[C@@H]2Cc3c(-c4noc(-c5ccc(OC(C)C)c(C#N)c5)n4)cccc3[C@@H]21. The molecule has 0 spiro atoms. The lowest BCUT2D eigenvalue weighted by atomic mass is 10.0. The van der Waals surface area contributed by atoms with Gasteiger partial charge in [0.1, 0.15) is 11.8 Å². The van der Waals surface area contributed by atoms with E-state index < -0.39 is 0 Å². The van der Waals surface area contributed by atoms with Crippen LogP contribution in [0.5, 0.6) is 5.75 Å². The van der Waals surface area contributed by atoms with Crippen molar-refractivity contribution in [2.75, 3.05) is 6.54 Å². The number of carbonyl (C=O) groups excluding carboxylic acids is 1. The molecule has 0 bridgehead atoms. The van der Waals surface area contributed by atoms with Crippen molar-refractivity contribution in [3.8, 4) is 34.7 Å². The average molecular weight is 428 g/mol. The van der Waals surface area contributed by atoms with E-state index in [1.54, 1.807) is 12.1 Å². The quantitative estimate of drug-likeness (QED) is 0.593. The summed E-state index contributed by atoms with van der Waals surface area (Å²) in [6.07, 6.45) is 1.40. The second kappa shape index (κ2) is 7.79. The summed E-state index contributed by atoms with van der Waals surface area (Å²) in [7, 11) is 0. The Morgan fingerprint density at radius 1 is 1.28 bits per heavy atom. The third-order valence-corrected chi connectivity index (χ3v) is 6.25. The van der Waals surface area contributed by atoms with Gasteiger partial charge in [-0.2, -0.15) is 10.2 Å². The molecule has 0 N–H and O–H groups in total. The third kappa shape index (κ3) is 3.23. The summed E-state index contributed by atoms with van der Waals surface area (Å²) >= 11 is 0. The van der Waals surface area contributed by atoms with Gasteiger partial charge < -0.3 is 14.2 Å². The number of carbonyl (C=O) groups is 1. The van der Waals surface area contributed by atoms with E-state index >= 15 is 0 Å². The van der Waals surface area contributed by atoms with Crippen LogP contribution in [0.1, 0.15) is 49.9 Å². The molecule has 32 heavy (non-hydrogen) atoms. The lowest BCUT2D eigenvalue weighted by Gasteiger charge is -2.23. The molecule has 1 fully saturated rings. The molecule has 1 aliphatic heterocycles. The van der Waals surface area contributed by atoms with Gasteiger partial charge in [-0.3, -0.25) is 4.79 Å². The molecule has 2 atom stereocenters. The van der Waals surface area contributed by atoms with E-state index in [-0.39, 0.29) is 18.1 Å². The maximum Gasteiger partial charge on any atom is 0.258 e. The first-order valence-corrected chi connectivity index (χ1v) is 11.0. The standard InChI is InChI=1S/C25H24N4O3/c1-4-29-22(30)12-16-11-20-18(23(16)29)6-5-7-19(20)24-27-25(32-28-24)15-8-9-21(31-14(2)3)17(10-15)13-26/h5-10,14,16,23H,4,11-12H2,1-3H3/t16-,23+/m0/s1. The first-order valence-electron chi connectivity index (χ1n) is 11.0. The summed E-state index contributed by atoms with van der Waals surface area (Å²) < 4.78 is 11.3. The lowest BCUT2D eigenvalue weighted by Crippen LogP contribution is -2.27. The maximum absolute atomic E-state index is 12.3. The van der Waals surface area contributed by atoms with Gasteiger partial charge >= 0.3 is 0 Å². The van der Waals surface area contributed by atoms with Gasteiger partial charge in [0.15, 0.2) is 0 Å². The number of nitrogens with zero attached hydrogens (tertiary/aromatic N) is 4. The number of likely N-dealkylation sites (tertiary alicyclic amines) is 1. The molecule has 0 radical (unpaired) electrons. The highest BCUT2D eigenvalue weighted by atomic mass is 16.5. The van der Waals surface area contributed by atoms with Crippen molar-refractivity contribution in [1.29, 1.82) is 5.26 Å². The van der Waals surface area contributed by atoms with Crippen LogP contribution in [-0.4, -0.2) is 33.6 Å². The van der Waals surface area contributed by atoms with Crippen LogP contribution < -0.4 is 4.74 Å². The molecular formula is C25H24N4O3. The fourth-order valence-corrected chi connectivity index (χ4v) is 4.98. The Bertz CT molecular complexity index is 1240. The van der Waals surface area contributed by atoms with Gasteiger partial charge in [0, 0.05) is 24.1 Å². The van der Waals surface area contributed by atoms with Crippen LogP contribution in [0.4, 0.5) is 0 Å². The van der Waals surface area contributed by atoms with Crippen LogP contribution in [-0.2, 0) is 11.2 Å². The molecule has 1 aliphatic carbocycles. The van der Waals surface area contributed by atoms with Crippen LogP contribution in [0.2, 0.25) is 0 Å². The van der Waals surface area contributed by atoms with E-state index in [1.807, 2.05) is 43.9 Å². The van der Waals surface area contributed by atoms with Gasteiger partial charge in [-0.1, -0.05) is 23.4 Å². The predicted octanol–water partition coefficient (Wildman–Crippen LogP) is 4.53. The topological polar surface area (TPSA) is 92.3 Å². The molecule has 7 heteroatoms. The van der Waals surface area contributed by atoms with Crippen molar-refractivity contribution in [1.82, 2.24) is 15.0 Å². The van der Waals surface area contributed by atoms with Crippen molar-refractivity contribution in [2.24, 2.45) is 5.92 Å². The molecule has 1 amide bonds. The monoisotopic (exact) mass is 428 g/mol. The minimum atomic E-state index is -0.0263. The smallest absolute Gasteiger partial charge is 0.258 e. The summed E-state index contributed by atoms with van der Waals surface area (Å²) in [5, 5.41) is 13.7. The lowest BCUT2D eigenvalue weighted by molar-refractivity contribution is -0.128. The summed E-state index contributed by atoms with van der Waals surface area (Å²) in [5.74, 6) is 1.95. The first kappa shape index (κ1) is 20.3. The van der Waals surface area contributed by atoms with Crippen molar-refractivity contribution >= 4 is 5.91 Å². The molecule has 0 saturated carbocycles. The number of aromatic nitrogens is 2. The fourth-order valence-electron chi connectivity index (χ4n) is 4.98. The Hall–Kier alpha value is -3.66. The van der Waals surface area contributed by atoms with Crippen LogP contribution in [0.15, 0.2) is 40.9 Å². The number of benzene rings is 2. The van der Waals surface area contributed by atoms with Crippen molar-refractivity contribution in [3.05, 3.63) is 53.1 Å². The molecule has 2 aliphatic rings. The van der Waals surface area contributed by atoms with Gasteiger partial charge in [0.25, 0.3) is 5.89 Å². The van der Waals surface area contributed by atoms with Crippen LogP contribution >= 0.6 is 0 Å². The zero-order valence-electron chi connectivity index (χ0n) is 18.3. The van der Waals surface area contributed by atoms with Gasteiger partial charge in [-0.05, 0) is 62.4 Å². The molecule has 1 saturated heterocycles. The van der Waals surface area contributed by atoms with Gasteiger partial charge in [-0.25, -0.2) is 0 Å². The van der Waals surface area contributed by atoms with Crippen molar-refractivity contribution in [2.45, 2.75) is 45.8 Å². The van der Waals surface area contributed by atoms with E-state index in [0.29, 0.717) is 47.5 Å². The maximum atomic E-state index is 12.3. The normalized spacial score (nSPS) is 19.2. The minimum Gasteiger partial charge on any atom is -0.490 e. The number of rotatable bonds is 5. The highest BCUT2D eigenvalue weighted by molar-refractivity contribution is 5.81. The summed E-state index contributed by atoms with van der Waals surface area (Å²) in [4.78, 5) is 18.9. The molecule has 7 nitrogen and oxygen atoms in total. The number of fused-ring (bicyclic) bond motifs is 3. The second-order valence-corrected chi connectivity index (χ2v) is 8.58. The largest absolute Gasteiger partial charge is 0.490 e. The highest BCUT2D eigenvalue weighted by Gasteiger charge is 2.45. The molecule has 162 valence electrons. The van der Waals surface area contributed by atoms with Crippen molar-refractivity contribution in [3.63, 3.8) is 0 Å². The zero-order valence-corrected chi connectivity index (χ0v) is 18.3. The van der Waals surface area contributed by atoms with Gasteiger partial charge in [0.05, 0.1) is 17.7 Å². The van der Waals surface area contributed by atoms with Crippen LogP contribution in [0.25, 0.3) is 22.8 Å². The molecular weight excluding hydrogens is 404 g/mol. The van der Waals surface area contributed by atoms with E-state index in [9.17, 15) is 10.1 Å². The Balaban J connectivity index is 1.49. The summed E-state index contributed by atoms with van der Waals surface area (Å²) in [6, 6.07) is 13.7. The predicted molar refractivity (Wildman–Crippen MR) is 118 cm³/mol. The van der Waals surface area contributed by atoms with Crippen LogP contribution in [0.3, 0.4) is 0 Å². The number of hydrogen-bond acceptors (Lipinski definition) is 6. The van der Waals surface area contributed by atoms with E-state index in [0.717, 1.165) is 12.0 Å². The minimum absolute atomic E-state index is 0.0263. The van der Waals surface area contributed by atoms with E-state index in [2.05, 4.69) is 22.3 Å². The first-order chi connectivity index (χ1) is 15.5. The number of ether oxygens (including phenoxy) is 1. The Morgan fingerprint density at radius 3 is 2.88 bits per heavy atom. The Labute approximate surface area is 186 Å². The number of hydrogen-bond donors (Lipinski definition) is 0. The molecule has 0 unspecified atom stereocenters. The fraction of sp³-hybridized carbons (Fsp3) is 0.360. The molecule has 2 aromatic carbocycles. The third-order valence-electron chi connectivity index (χ3n) is 6.25. The molecule has 1 aromatic heterocycles. The summed E-state index contributed by atoms with van der Waals surface area (Å²) in [6.45, 7) is 6.58. The highest BCUT2D eigenvalue weighted by Crippen LogP contribution is 2.49. The summed E-state index contributed by atoms with van der Waals surface area (Å²) in [5.41, 5.74) is 4.42. The van der Waals surface area contributed by atoms with Crippen molar-refractivity contribution < 1.29 is 14.1 Å². The molecule has 2 heterocycles. The zero-order chi connectivity index (χ0) is 22.4.